The summed E-state index contributed by atoms with van der Waals surface area (Å²) in [5.74, 6) is -3.56. The van der Waals surface area contributed by atoms with Crippen LogP contribution >= 0.6 is 0 Å². The van der Waals surface area contributed by atoms with Crippen LogP contribution in [0.4, 0.5) is 0 Å². The molecule has 0 amide bonds. The lowest BCUT2D eigenvalue weighted by atomic mass is 10.1. The van der Waals surface area contributed by atoms with E-state index < -0.39 is 30.5 Å². The molecular weight excluding hydrogens is 194 g/mol. The van der Waals surface area contributed by atoms with E-state index in [0.29, 0.717) is 0 Å². The summed E-state index contributed by atoms with van der Waals surface area (Å²) in [6, 6.07) is -1.14. The van der Waals surface area contributed by atoms with Gasteiger partial charge in [-0.15, -0.1) is 0 Å². The molecule has 0 spiro atoms. The summed E-state index contributed by atoms with van der Waals surface area (Å²) in [5.41, 5.74) is 0. The summed E-state index contributed by atoms with van der Waals surface area (Å²) in [4.78, 5) is 30.7. The summed E-state index contributed by atoms with van der Waals surface area (Å²) in [7, 11) is 0. The number of nitrogens with one attached hydrogen (secondary N) is 1. The number of rotatable bonds is 7. The Bertz CT molecular complexity index is 220. The van der Waals surface area contributed by atoms with Crippen molar-refractivity contribution in [2.24, 2.45) is 0 Å². The average molecular weight is 205 g/mol. The van der Waals surface area contributed by atoms with Crippen molar-refractivity contribution >= 4 is 17.9 Å². The Labute approximate surface area is 79.3 Å². The molecule has 0 fully saturated rings. The highest BCUT2D eigenvalue weighted by Gasteiger charge is 2.18. The molecule has 0 aromatic heterocycles. The first-order chi connectivity index (χ1) is 6.43. The Morgan fingerprint density at radius 3 is 2.00 bits per heavy atom. The lowest BCUT2D eigenvalue weighted by molar-refractivity contribution is -0.141. The maximum absolute atomic E-state index is 10.5. The van der Waals surface area contributed by atoms with Gasteiger partial charge in [-0.1, -0.05) is 0 Å². The zero-order valence-electron chi connectivity index (χ0n) is 7.27. The van der Waals surface area contributed by atoms with Crippen LogP contribution in [0.2, 0.25) is 0 Å². The Morgan fingerprint density at radius 1 is 1.07 bits per heavy atom. The van der Waals surface area contributed by atoms with Crippen molar-refractivity contribution in [1.82, 2.24) is 5.32 Å². The summed E-state index contributed by atoms with van der Waals surface area (Å²) in [5, 5.41) is 27.3. The molecule has 80 valence electrons. The predicted octanol–water partition coefficient (Wildman–Crippen LogP) is -1.02. The molecule has 0 saturated heterocycles. The minimum atomic E-state index is -1.26. The normalized spacial score (nSPS) is 12.0. The molecule has 0 aromatic rings. The van der Waals surface area contributed by atoms with E-state index in [4.69, 9.17) is 15.3 Å². The fourth-order valence-electron chi connectivity index (χ4n) is 0.791. The van der Waals surface area contributed by atoms with Crippen LogP contribution in [0.25, 0.3) is 0 Å². The Morgan fingerprint density at radius 2 is 1.64 bits per heavy atom. The molecule has 7 heteroatoms. The average Bonchev–Trinajstić information content (AvgIpc) is 2.02. The van der Waals surface area contributed by atoms with Gasteiger partial charge in [0.25, 0.3) is 0 Å². The van der Waals surface area contributed by atoms with Gasteiger partial charge in [0.05, 0.1) is 6.54 Å². The van der Waals surface area contributed by atoms with Gasteiger partial charge in [0, 0.05) is 6.42 Å². The van der Waals surface area contributed by atoms with E-state index in [1.54, 1.807) is 0 Å². The number of hydrogen-bond acceptors (Lipinski definition) is 4. The third-order valence-electron chi connectivity index (χ3n) is 1.44. The quantitative estimate of drug-likeness (QED) is 0.419. The summed E-state index contributed by atoms with van der Waals surface area (Å²) < 4.78 is 0. The molecule has 0 radical (unpaired) electrons. The molecule has 0 aromatic carbocycles. The molecule has 7 nitrogen and oxygen atoms in total. The Hall–Kier alpha value is -1.63. The lowest BCUT2D eigenvalue weighted by Gasteiger charge is -2.10. The first-order valence-electron chi connectivity index (χ1n) is 3.83. The summed E-state index contributed by atoms with van der Waals surface area (Å²) in [6.45, 7) is -0.503. The van der Waals surface area contributed by atoms with E-state index in [0.717, 1.165) is 0 Å². The molecular formula is C7H11NO6. The third kappa shape index (κ3) is 5.95. The fraction of sp³-hybridized carbons (Fsp3) is 0.571. The fourth-order valence-corrected chi connectivity index (χ4v) is 0.791. The standard InChI is InChI=1S/C7H11NO6/c9-5(10)2-1-4(7(13)14)8-3-6(11)12/h4,8H,1-3H2,(H,9,10)(H,11,12)(H,13,14). The van der Waals surface area contributed by atoms with Gasteiger partial charge >= 0.3 is 17.9 Å². The van der Waals surface area contributed by atoms with E-state index >= 15 is 0 Å². The molecule has 0 bridgehead atoms. The molecule has 4 N–H and O–H groups in total. The highest BCUT2D eigenvalue weighted by atomic mass is 16.4. The van der Waals surface area contributed by atoms with Crippen LogP contribution in [-0.2, 0) is 14.4 Å². The maximum Gasteiger partial charge on any atom is 0.320 e. The molecule has 0 rings (SSSR count). The first kappa shape index (κ1) is 12.4. The van der Waals surface area contributed by atoms with E-state index in [-0.39, 0.29) is 12.8 Å². The van der Waals surface area contributed by atoms with Crippen molar-refractivity contribution in [1.29, 1.82) is 0 Å². The van der Waals surface area contributed by atoms with Gasteiger partial charge < -0.3 is 15.3 Å². The van der Waals surface area contributed by atoms with Crippen LogP contribution in [0.15, 0.2) is 0 Å². The molecule has 0 aliphatic heterocycles. The van der Waals surface area contributed by atoms with Crippen LogP contribution in [0.1, 0.15) is 12.8 Å². The second-order valence-corrected chi connectivity index (χ2v) is 2.60. The van der Waals surface area contributed by atoms with Gasteiger partial charge in [0.15, 0.2) is 0 Å². The zero-order valence-corrected chi connectivity index (χ0v) is 7.27. The van der Waals surface area contributed by atoms with E-state index in [9.17, 15) is 14.4 Å². The van der Waals surface area contributed by atoms with Crippen LogP contribution < -0.4 is 5.32 Å². The molecule has 1 atom stereocenters. The molecule has 0 saturated carbocycles. The van der Waals surface area contributed by atoms with Crippen molar-refractivity contribution in [2.45, 2.75) is 18.9 Å². The van der Waals surface area contributed by atoms with Gasteiger partial charge in [-0.3, -0.25) is 19.7 Å². The van der Waals surface area contributed by atoms with Crippen LogP contribution in [0.5, 0.6) is 0 Å². The predicted molar refractivity (Wildman–Crippen MR) is 43.9 cm³/mol. The largest absolute Gasteiger partial charge is 0.481 e. The third-order valence-corrected chi connectivity index (χ3v) is 1.44. The number of aliphatic carboxylic acids is 3. The van der Waals surface area contributed by atoms with Gasteiger partial charge in [-0.25, -0.2) is 0 Å². The number of carboxylic acid groups (broad SMARTS) is 3. The topological polar surface area (TPSA) is 124 Å². The van der Waals surface area contributed by atoms with Crippen LogP contribution in [0, 0.1) is 0 Å². The Kier molecular flexibility index (Phi) is 5.23. The molecule has 0 aliphatic carbocycles. The number of hydrogen-bond donors (Lipinski definition) is 4. The first-order valence-corrected chi connectivity index (χ1v) is 3.83. The van der Waals surface area contributed by atoms with Crippen molar-refractivity contribution in [3.05, 3.63) is 0 Å². The minimum absolute atomic E-state index is 0.141. The highest BCUT2D eigenvalue weighted by Crippen LogP contribution is 1.97. The SMILES string of the molecule is O=C(O)CCC(NCC(=O)O)C(=O)O. The second kappa shape index (κ2) is 5.92. The van der Waals surface area contributed by atoms with Crippen LogP contribution in [0.3, 0.4) is 0 Å². The summed E-state index contributed by atoms with van der Waals surface area (Å²) >= 11 is 0. The van der Waals surface area contributed by atoms with Gasteiger partial charge in [0.2, 0.25) is 0 Å². The molecule has 0 aliphatic rings. The van der Waals surface area contributed by atoms with E-state index in [2.05, 4.69) is 5.32 Å². The van der Waals surface area contributed by atoms with E-state index in [1.807, 2.05) is 0 Å². The Balaban J connectivity index is 3.96. The molecule has 1 unspecified atom stereocenters. The van der Waals surface area contributed by atoms with Crippen molar-refractivity contribution in [3.8, 4) is 0 Å². The highest BCUT2D eigenvalue weighted by molar-refractivity contribution is 5.76. The summed E-state index contributed by atoms with van der Waals surface area (Å²) in [6.07, 6.45) is -0.457. The van der Waals surface area contributed by atoms with Crippen molar-refractivity contribution < 1.29 is 29.7 Å². The lowest BCUT2D eigenvalue weighted by Crippen LogP contribution is -2.39. The smallest absolute Gasteiger partial charge is 0.320 e. The molecule has 14 heavy (non-hydrogen) atoms. The van der Waals surface area contributed by atoms with Crippen LogP contribution in [-0.4, -0.2) is 45.8 Å². The monoisotopic (exact) mass is 205 g/mol. The van der Waals surface area contributed by atoms with E-state index in [1.165, 1.54) is 0 Å². The molecule has 0 heterocycles. The minimum Gasteiger partial charge on any atom is -0.481 e. The van der Waals surface area contributed by atoms with Crippen molar-refractivity contribution in [2.75, 3.05) is 6.54 Å². The van der Waals surface area contributed by atoms with Gasteiger partial charge in [-0.2, -0.15) is 0 Å². The zero-order chi connectivity index (χ0) is 11.1. The van der Waals surface area contributed by atoms with Gasteiger partial charge in [-0.05, 0) is 6.42 Å². The van der Waals surface area contributed by atoms with Crippen molar-refractivity contribution in [3.63, 3.8) is 0 Å². The van der Waals surface area contributed by atoms with Gasteiger partial charge in [0.1, 0.15) is 6.04 Å². The maximum atomic E-state index is 10.5. The number of carbonyl (C=O) groups is 3. The number of carboxylic acids is 3. The second-order valence-electron chi connectivity index (χ2n) is 2.60.